The van der Waals surface area contributed by atoms with Gasteiger partial charge in [0.1, 0.15) is 5.69 Å². The SMILES string of the molecule is Cn1c(C(=O)NCc2ccc(C(N)=O)cc2)cc2ccc(Cl)cc21. The first-order chi connectivity index (χ1) is 11.5. The molecular weight excluding hydrogens is 326 g/mol. The van der Waals surface area contributed by atoms with Crippen LogP contribution in [0.15, 0.2) is 48.5 Å². The highest BCUT2D eigenvalue weighted by molar-refractivity contribution is 6.31. The summed E-state index contributed by atoms with van der Waals surface area (Å²) >= 11 is 6.01. The van der Waals surface area contributed by atoms with Crippen LogP contribution in [0.4, 0.5) is 0 Å². The van der Waals surface area contributed by atoms with E-state index in [9.17, 15) is 9.59 Å². The second-order valence-electron chi connectivity index (χ2n) is 5.54. The Morgan fingerprint density at radius 3 is 2.50 bits per heavy atom. The highest BCUT2D eigenvalue weighted by Crippen LogP contribution is 2.22. The quantitative estimate of drug-likeness (QED) is 0.765. The van der Waals surface area contributed by atoms with Gasteiger partial charge in [-0.25, -0.2) is 0 Å². The van der Waals surface area contributed by atoms with Gasteiger partial charge < -0.3 is 15.6 Å². The molecule has 0 aliphatic heterocycles. The zero-order valence-corrected chi connectivity index (χ0v) is 13.8. The Kier molecular flexibility index (Phi) is 4.27. The lowest BCUT2D eigenvalue weighted by atomic mass is 10.1. The first-order valence-corrected chi connectivity index (χ1v) is 7.75. The number of hydrogen-bond donors (Lipinski definition) is 2. The number of primary amides is 1. The van der Waals surface area contributed by atoms with Crippen LogP contribution in [-0.4, -0.2) is 16.4 Å². The third kappa shape index (κ3) is 3.12. The maximum absolute atomic E-state index is 12.4. The highest BCUT2D eigenvalue weighted by atomic mass is 35.5. The van der Waals surface area contributed by atoms with Crippen LogP contribution >= 0.6 is 11.6 Å². The standard InChI is InChI=1S/C18H16ClN3O2/c1-22-15-9-14(19)7-6-13(15)8-16(22)18(24)21-10-11-2-4-12(5-3-11)17(20)23/h2-9H,10H2,1H3,(H2,20,23)(H,21,24). The van der Waals surface area contributed by atoms with E-state index in [0.717, 1.165) is 16.5 Å². The molecule has 0 unspecified atom stereocenters. The van der Waals surface area contributed by atoms with Gasteiger partial charge in [0.05, 0.1) is 0 Å². The fraction of sp³-hybridized carbons (Fsp3) is 0.111. The minimum atomic E-state index is -0.472. The Hall–Kier alpha value is -2.79. The number of amides is 2. The van der Waals surface area contributed by atoms with E-state index >= 15 is 0 Å². The summed E-state index contributed by atoms with van der Waals surface area (Å²) in [5.74, 6) is -0.649. The maximum atomic E-state index is 12.4. The average Bonchev–Trinajstić information content (AvgIpc) is 2.89. The summed E-state index contributed by atoms with van der Waals surface area (Å²) in [6.45, 7) is 0.361. The predicted octanol–water partition coefficient (Wildman–Crippen LogP) is 2.86. The fourth-order valence-electron chi connectivity index (χ4n) is 2.58. The summed E-state index contributed by atoms with van der Waals surface area (Å²) in [6, 6.07) is 14.2. The number of rotatable bonds is 4. The van der Waals surface area contributed by atoms with E-state index in [-0.39, 0.29) is 5.91 Å². The molecule has 2 amide bonds. The number of benzene rings is 2. The van der Waals surface area contributed by atoms with Gasteiger partial charge in [-0.3, -0.25) is 9.59 Å². The average molecular weight is 342 g/mol. The van der Waals surface area contributed by atoms with Crippen molar-refractivity contribution in [2.45, 2.75) is 6.54 Å². The molecule has 0 atom stereocenters. The number of carbonyl (C=O) groups excluding carboxylic acids is 2. The molecule has 2 aromatic carbocycles. The van der Waals surface area contributed by atoms with Crippen molar-refractivity contribution in [2.24, 2.45) is 12.8 Å². The van der Waals surface area contributed by atoms with Gasteiger partial charge in [-0.2, -0.15) is 0 Å². The van der Waals surface area contributed by atoms with Crippen LogP contribution in [0.3, 0.4) is 0 Å². The molecule has 0 fully saturated rings. The summed E-state index contributed by atoms with van der Waals surface area (Å²) in [6.07, 6.45) is 0. The van der Waals surface area contributed by atoms with Crippen LogP contribution in [0.2, 0.25) is 5.02 Å². The molecule has 3 rings (SSSR count). The van der Waals surface area contributed by atoms with E-state index in [1.54, 1.807) is 30.3 Å². The second kappa shape index (κ2) is 6.37. The molecule has 0 aliphatic carbocycles. The van der Waals surface area contributed by atoms with Crippen molar-refractivity contribution in [3.8, 4) is 0 Å². The molecule has 0 radical (unpaired) electrons. The van der Waals surface area contributed by atoms with E-state index in [4.69, 9.17) is 17.3 Å². The number of aryl methyl sites for hydroxylation is 1. The number of fused-ring (bicyclic) bond motifs is 1. The minimum absolute atomic E-state index is 0.177. The lowest BCUT2D eigenvalue weighted by Gasteiger charge is -2.07. The molecule has 0 saturated carbocycles. The molecule has 0 aliphatic rings. The molecule has 24 heavy (non-hydrogen) atoms. The molecule has 3 aromatic rings. The largest absolute Gasteiger partial charge is 0.366 e. The minimum Gasteiger partial charge on any atom is -0.366 e. The Labute approximate surface area is 144 Å². The Bertz CT molecular complexity index is 929. The van der Waals surface area contributed by atoms with Gasteiger partial charge in [-0.15, -0.1) is 0 Å². The Balaban J connectivity index is 1.75. The third-order valence-electron chi connectivity index (χ3n) is 3.93. The molecule has 3 N–H and O–H groups in total. The Morgan fingerprint density at radius 1 is 1.12 bits per heavy atom. The van der Waals surface area contributed by atoms with Crippen molar-refractivity contribution in [1.82, 2.24) is 9.88 Å². The molecule has 5 nitrogen and oxygen atoms in total. The van der Waals surface area contributed by atoms with Crippen LogP contribution in [-0.2, 0) is 13.6 Å². The number of carbonyl (C=O) groups is 2. The fourth-order valence-corrected chi connectivity index (χ4v) is 2.75. The van der Waals surface area contributed by atoms with Crippen LogP contribution in [0, 0.1) is 0 Å². The van der Waals surface area contributed by atoms with Gasteiger partial charge in [0.2, 0.25) is 5.91 Å². The summed E-state index contributed by atoms with van der Waals surface area (Å²) in [5.41, 5.74) is 7.99. The monoisotopic (exact) mass is 341 g/mol. The number of aromatic nitrogens is 1. The van der Waals surface area contributed by atoms with Gasteiger partial charge in [0.25, 0.3) is 5.91 Å². The van der Waals surface area contributed by atoms with Gasteiger partial charge >= 0.3 is 0 Å². The topological polar surface area (TPSA) is 77.1 Å². The molecule has 1 aromatic heterocycles. The number of nitrogens with one attached hydrogen (secondary N) is 1. The predicted molar refractivity (Wildman–Crippen MR) is 94.1 cm³/mol. The normalized spacial score (nSPS) is 10.8. The number of hydrogen-bond acceptors (Lipinski definition) is 2. The number of halogens is 1. The molecule has 0 spiro atoms. The van der Waals surface area contributed by atoms with Gasteiger partial charge in [0.15, 0.2) is 0 Å². The molecule has 6 heteroatoms. The van der Waals surface area contributed by atoms with Gasteiger partial charge in [-0.05, 0) is 35.9 Å². The van der Waals surface area contributed by atoms with Crippen molar-refractivity contribution >= 4 is 34.3 Å². The molecule has 122 valence electrons. The highest BCUT2D eigenvalue weighted by Gasteiger charge is 2.13. The third-order valence-corrected chi connectivity index (χ3v) is 4.17. The van der Waals surface area contributed by atoms with E-state index in [1.807, 2.05) is 29.8 Å². The van der Waals surface area contributed by atoms with E-state index in [1.165, 1.54) is 0 Å². The van der Waals surface area contributed by atoms with Crippen LogP contribution in [0.1, 0.15) is 26.4 Å². The van der Waals surface area contributed by atoms with E-state index in [0.29, 0.717) is 22.8 Å². The second-order valence-corrected chi connectivity index (χ2v) is 5.97. The van der Waals surface area contributed by atoms with E-state index in [2.05, 4.69) is 5.32 Å². The zero-order chi connectivity index (χ0) is 17.3. The van der Waals surface area contributed by atoms with Crippen molar-refractivity contribution < 1.29 is 9.59 Å². The molecule has 0 bridgehead atoms. The van der Waals surface area contributed by atoms with Crippen LogP contribution in [0.5, 0.6) is 0 Å². The molecule has 1 heterocycles. The van der Waals surface area contributed by atoms with Gasteiger partial charge in [-0.1, -0.05) is 29.8 Å². The lowest BCUT2D eigenvalue weighted by molar-refractivity contribution is 0.0941. The smallest absolute Gasteiger partial charge is 0.268 e. The first-order valence-electron chi connectivity index (χ1n) is 7.37. The molecule has 0 saturated heterocycles. The Morgan fingerprint density at radius 2 is 1.83 bits per heavy atom. The summed E-state index contributed by atoms with van der Waals surface area (Å²) < 4.78 is 1.81. The number of nitrogens with zero attached hydrogens (tertiary/aromatic N) is 1. The maximum Gasteiger partial charge on any atom is 0.268 e. The zero-order valence-electron chi connectivity index (χ0n) is 13.0. The first kappa shape index (κ1) is 16.1. The van der Waals surface area contributed by atoms with Crippen molar-refractivity contribution in [3.63, 3.8) is 0 Å². The molecular formula is C18H16ClN3O2. The van der Waals surface area contributed by atoms with Crippen LogP contribution in [0.25, 0.3) is 10.9 Å². The van der Waals surface area contributed by atoms with Crippen molar-refractivity contribution in [1.29, 1.82) is 0 Å². The van der Waals surface area contributed by atoms with Crippen molar-refractivity contribution in [3.05, 3.63) is 70.4 Å². The number of nitrogens with two attached hydrogens (primary N) is 1. The van der Waals surface area contributed by atoms with Crippen molar-refractivity contribution in [2.75, 3.05) is 0 Å². The van der Waals surface area contributed by atoms with Gasteiger partial charge in [0, 0.05) is 35.1 Å². The summed E-state index contributed by atoms with van der Waals surface area (Å²) in [5, 5.41) is 4.46. The summed E-state index contributed by atoms with van der Waals surface area (Å²) in [7, 11) is 1.83. The van der Waals surface area contributed by atoms with Crippen LogP contribution < -0.4 is 11.1 Å². The lowest BCUT2D eigenvalue weighted by Crippen LogP contribution is -2.24. The van der Waals surface area contributed by atoms with E-state index < -0.39 is 5.91 Å². The summed E-state index contributed by atoms with van der Waals surface area (Å²) in [4.78, 5) is 23.5.